The second-order valence-corrected chi connectivity index (χ2v) is 6.51. The molecule has 1 amide bonds. The minimum absolute atomic E-state index is 0.155. The van der Waals surface area contributed by atoms with Crippen molar-refractivity contribution in [3.8, 4) is 17.4 Å². The van der Waals surface area contributed by atoms with Crippen LogP contribution in [0.3, 0.4) is 0 Å². The SMILES string of the molecule is Cc1cccc(C(=O)Nc2ccc(Oc3cc(-n4cccn4)nc(C)n3)cc2)c1. The number of ether oxygens (including phenoxy) is 1. The first-order valence-electron chi connectivity index (χ1n) is 9.08. The van der Waals surface area contributed by atoms with Crippen LogP contribution in [0.5, 0.6) is 11.6 Å². The summed E-state index contributed by atoms with van der Waals surface area (Å²) in [5.74, 6) is 2.06. The van der Waals surface area contributed by atoms with Gasteiger partial charge in [0.15, 0.2) is 5.82 Å². The van der Waals surface area contributed by atoms with Gasteiger partial charge >= 0.3 is 0 Å². The minimum atomic E-state index is -0.155. The number of anilines is 1. The van der Waals surface area contributed by atoms with E-state index in [-0.39, 0.29) is 5.91 Å². The molecule has 29 heavy (non-hydrogen) atoms. The van der Waals surface area contributed by atoms with Gasteiger partial charge in [-0.2, -0.15) is 10.1 Å². The number of carbonyl (C=O) groups excluding carboxylic acids is 1. The van der Waals surface area contributed by atoms with E-state index in [9.17, 15) is 4.79 Å². The van der Waals surface area contributed by atoms with Crippen molar-refractivity contribution in [2.45, 2.75) is 13.8 Å². The predicted molar refractivity (Wildman–Crippen MR) is 110 cm³/mol. The van der Waals surface area contributed by atoms with E-state index >= 15 is 0 Å². The summed E-state index contributed by atoms with van der Waals surface area (Å²) in [5, 5.41) is 7.06. The Morgan fingerprint density at radius 3 is 2.55 bits per heavy atom. The first kappa shape index (κ1) is 18.4. The lowest BCUT2D eigenvalue weighted by atomic mass is 10.1. The van der Waals surface area contributed by atoms with Crippen LogP contribution in [0, 0.1) is 13.8 Å². The number of carbonyl (C=O) groups is 1. The summed E-state index contributed by atoms with van der Waals surface area (Å²) in [5.41, 5.74) is 2.34. The second kappa shape index (κ2) is 7.93. The van der Waals surface area contributed by atoms with Crippen LogP contribution < -0.4 is 10.1 Å². The van der Waals surface area contributed by atoms with Gasteiger partial charge in [-0.1, -0.05) is 17.7 Å². The van der Waals surface area contributed by atoms with Crippen LogP contribution in [-0.2, 0) is 0 Å². The highest BCUT2D eigenvalue weighted by atomic mass is 16.5. The molecule has 0 unspecified atom stereocenters. The summed E-state index contributed by atoms with van der Waals surface area (Å²) in [4.78, 5) is 21.0. The zero-order valence-corrected chi connectivity index (χ0v) is 16.0. The Kier molecular flexibility index (Phi) is 5.03. The van der Waals surface area contributed by atoms with E-state index < -0.39 is 0 Å². The summed E-state index contributed by atoms with van der Waals surface area (Å²) >= 11 is 0. The van der Waals surface area contributed by atoms with Gasteiger partial charge in [-0.3, -0.25) is 4.79 Å². The van der Waals surface area contributed by atoms with Crippen molar-refractivity contribution in [1.29, 1.82) is 0 Å². The van der Waals surface area contributed by atoms with Crippen molar-refractivity contribution < 1.29 is 9.53 Å². The molecule has 0 aliphatic rings. The van der Waals surface area contributed by atoms with Gasteiger partial charge < -0.3 is 10.1 Å². The number of benzene rings is 2. The standard InChI is InChI=1S/C22H19N5O2/c1-15-5-3-6-17(13-15)22(28)26-18-7-9-19(10-8-18)29-21-14-20(24-16(2)25-21)27-12-4-11-23-27/h3-14H,1-2H3,(H,26,28). The topological polar surface area (TPSA) is 81.9 Å². The van der Waals surface area contributed by atoms with Crippen LogP contribution in [0.4, 0.5) is 5.69 Å². The van der Waals surface area contributed by atoms with Crippen LogP contribution >= 0.6 is 0 Å². The molecule has 4 rings (SSSR count). The number of amides is 1. The largest absolute Gasteiger partial charge is 0.439 e. The van der Waals surface area contributed by atoms with Gasteiger partial charge in [0.05, 0.1) is 0 Å². The van der Waals surface area contributed by atoms with E-state index in [0.717, 1.165) is 5.56 Å². The molecule has 0 saturated carbocycles. The van der Waals surface area contributed by atoms with Crippen LogP contribution in [0.15, 0.2) is 73.1 Å². The van der Waals surface area contributed by atoms with Crippen molar-refractivity contribution in [2.75, 3.05) is 5.32 Å². The molecule has 0 radical (unpaired) electrons. The Morgan fingerprint density at radius 1 is 1.00 bits per heavy atom. The van der Waals surface area contributed by atoms with Gasteiger partial charge in [0.1, 0.15) is 11.6 Å². The predicted octanol–water partition coefficient (Wildman–Crippen LogP) is 4.32. The number of nitrogens with zero attached hydrogens (tertiary/aromatic N) is 4. The Balaban J connectivity index is 1.47. The fraction of sp³-hybridized carbons (Fsp3) is 0.0909. The van der Waals surface area contributed by atoms with Crippen LogP contribution in [0.25, 0.3) is 5.82 Å². The van der Waals surface area contributed by atoms with Gasteiger partial charge in [-0.25, -0.2) is 9.67 Å². The zero-order valence-electron chi connectivity index (χ0n) is 16.0. The monoisotopic (exact) mass is 385 g/mol. The average Bonchev–Trinajstić information content (AvgIpc) is 3.24. The lowest BCUT2D eigenvalue weighted by molar-refractivity contribution is 0.102. The van der Waals surface area contributed by atoms with Crippen molar-refractivity contribution in [3.05, 3.63) is 90.0 Å². The van der Waals surface area contributed by atoms with Crippen molar-refractivity contribution in [1.82, 2.24) is 19.7 Å². The molecule has 1 N–H and O–H groups in total. The van der Waals surface area contributed by atoms with Crippen molar-refractivity contribution in [2.24, 2.45) is 0 Å². The van der Waals surface area contributed by atoms with Crippen LogP contribution in [0.1, 0.15) is 21.7 Å². The molecule has 2 heterocycles. The molecular formula is C22H19N5O2. The number of hydrogen-bond acceptors (Lipinski definition) is 5. The molecule has 0 bridgehead atoms. The van der Waals surface area contributed by atoms with Gasteiger partial charge in [0.2, 0.25) is 5.88 Å². The maximum Gasteiger partial charge on any atom is 0.255 e. The first-order valence-corrected chi connectivity index (χ1v) is 9.08. The van der Waals surface area contributed by atoms with E-state index in [1.807, 2.05) is 31.2 Å². The number of aromatic nitrogens is 4. The number of aryl methyl sites for hydroxylation is 2. The van der Waals surface area contributed by atoms with Gasteiger partial charge in [0.25, 0.3) is 5.91 Å². The van der Waals surface area contributed by atoms with E-state index in [4.69, 9.17) is 4.74 Å². The quantitative estimate of drug-likeness (QED) is 0.553. The van der Waals surface area contributed by atoms with Gasteiger partial charge in [-0.05, 0) is 56.3 Å². The zero-order chi connectivity index (χ0) is 20.2. The van der Waals surface area contributed by atoms with E-state index in [1.54, 1.807) is 60.4 Å². The molecule has 2 aromatic heterocycles. The van der Waals surface area contributed by atoms with E-state index in [2.05, 4.69) is 20.4 Å². The molecular weight excluding hydrogens is 366 g/mol. The Labute approximate surface area is 168 Å². The molecule has 0 aliphatic heterocycles. The van der Waals surface area contributed by atoms with E-state index in [0.29, 0.717) is 34.5 Å². The highest BCUT2D eigenvalue weighted by Gasteiger charge is 2.08. The maximum atomic E-state index is 12.4. The first-order chi connectivity index (χ1) is 14.1. The molecule has 2 aromatic carbocycles. The third-order valence-electron chi connectivity index (χ3n) is 4.15. The molecule has 0 aliphatic carbocycles. The van der Waals surface area contributed by atoms with Crippen molar-refractivity contribution >= 4 is 11.6 Å². The van der Waals surface area contributed by atoms with Crippen LogP contribution in [-0.4, -0.2) is 25.7 Å². The third kappa shape index (κ3) is 4.47. The van der Waals surface area contributed by atoms with E-state index in [1.165, 1.54) is 0 Å². The normalized spacial score (nSPS) is 10.6. The van der Waals surface area contributed by atoms with Crippen molar-refractivity contribution in [3.63, 3.8) is 0 Å². The summed E-state index contributed by atoms with van der Waals surface area (Å²) in [6, 6.07) is 18.1. The number of hydrogen-bond donors (Lipinski definition) is 1. The molecule has 7 heteroatoms. The molecule has 7 nitrogen and oxygen atoms in total. The molecule has 0 fully saturated rings. The van der Waals surface area contributed by atoms with Gasteiger partial charge in [-0.15, -0.1) is 0 Å². The lowest BCUT2D eigenvalue weighted by Gasteiger charge is -2.09. The molecule has 0 atom stereocenters. The highest BCUT2D eigenvalue weighted by Crippen LogP contribution is 2.23. The number of nitrogens with one attached hydrogen (secondary N) is 1. The third-order valence-corrected chi connectivity index (χ3v) is 4.15. The Hall–Kier alpha value is -4.00. The van der Waals surface area contributed by atoms with Crippen LogP contribution in [0.2, 0.25) is 0 Å². The highest BCUT2D eigenvalue weighted by molar-refractivity contribution is 6.04. The summed E-state index contributed by atoms with van der Waals surface area (Å²) in [6.45, 7) is 3.75. The Bertz CT molecular complexity index is 1140. The average molecular weight is 385 g/mol. The molecule has 4 aromatic rings. The lowest BCUT2D eigenvalue weighted by Crippen LogP contribution is -2.11. The molecule has 0 spiro atoms. The summed E-state index contributed by atoms with van der Waals surface area (Å²) in [7, 11) is 0. The number of rotatable bonds is 5. The maximum absolute atomic E-state index is 12.4. The second-order valence-electron chi connectivity index (χ2n) is 6.51. The Morgan fingerprint density at radius 2 is 1.83 bits per heavy atom. The summed E-state index contributed by atoms with van der Waals surface area (Å²) < 4.78 is 7.50. The smallest absolute Gasteiger partial charge is 0.255 e. The summed E-state index contributed by atoms with van der Waals surface area (Å²) in [6.07, 6.45) is 3.49. The molecule has 0 saturated heterocycles. The van der Waals surface area contributed by atoms with Gasteiger partial charge in [0, 0.05) is 29.7 Å². The fourth-order valence-electron chi connectivity index (χ4n) is 2.82. The fourth-order valence-corrected chi connectivity index (χ4v) is 2.82. The molecule has 144 valence electrons. The minimum Gasteiger partial charge on any atom is -0.439 e.